The zero-order valence-corrected chi connectivity index (χ0v) is 11.4. The predicted octanol–water partition coefficient (Wildman–Crippen LogP) is 2.09. The Morgan fingerprint density at radius 3 is 1.69 bits per heavy atom. The Morgan fingerprint density at radius 2 is 1.19 bits per heavy atom. The second-order valence-electron chi connectivity index (χ2n) is 3.79. The molecule has 0 aliphatic rings. The van der Waals surface area contributed by atoms with E-state index < -0.39 is 6.10 Å². The van der Waals surface area contributed by atoms with Gasteiger partial charge in [-0.25, -0.2) is 0 Å². The Morgan fingerprint density at radius 1 is 0.750 bits per heavy atom. The van der Waals surface area contributed by atoms with E-state index in [2.05, 4.69) is 12.1 Å². The van der Waals surface area contributed by atoms with Crippen LogP contribution in [-0.2, 0) is 0 Å². The van der Waals surface area contributed by atoms with E-state index in [1.54, 1.807) is 16.9 Å². The van der Waals surface area contributed by atoms with Gasteiger partial charge in [0.25, 0.3) is 0 Å². The van der Waals surface area contributed by atoms with Gasteiger partial charge in [0.15, 0.2) is 0 Å². The fourth-order valence-corrected chi connectivity index (χ4v) is 2.65. The molecular formula is C14H15AsO. The van der Waals surface area contributed by atoms with Crippen molar-refractivity contribution in [3.63, 3.8) is 0 Å². The van der Waals surface area contributed by atoms with Crippen molar-refractivity contribution in [2.75, 3.05) is 0 Å². The zero-order valence-electron chi connectivity index (χ0n) is 8.95. The zero-order chi connectivity index (χ0) is 11.4. The van der Waals surface area contributed by atoms with Crippen LogP contribution in [0.3, 0.4) is 0 Å². The van der Waals surface area contributed by atoms with E-state index in [1.165, 1.54) is 5.56 Å². The summed E-state index contributed by atoms with van der Waals surface area (Å²) in [4.78, 5) is 0. The average molecular weight is 274 g/mol. The molecule has 2 heteroatoms. The Hall–Kier alpha value is -1.04. The monoisotopic (exact) mass is 274 g/mol. The van der Waals surface area contributed by atoms with Crippen molar-refractivity contribution in [1.29, 1.82) is 0 Å². The molecule has 0 spiro atoms. The number of benzene rings is 2. The van der Waals surface area contributed by atoms with Crippen LogP contribution in [0.5, 0.6) is 0 Å². The van der Waals surface area contributed by atoms with E-state index in [4.69, 9.17) is 0 Å². The van der Waals surface area contributed by atoms with Gasteiger partial charge in [-0.05, 0) is 0 Å². The van der Waals surface area contributed by atoms with Gasteiger partial charge < -0.3 is 0 Å². The molecule has 0 aromatic heterocycles. The van der Waals surface area contributed by atoms with Crippen molar-refractivity contribution >= 4 is 16.9 Å². The number of rotatable bonds is 3. The van der Waals surface area contributed by atoms with E-state index in [0.717, 1.165) is 5.56 Å². The van der Waals surface area contributed by atoms with E-state index >= 15 is 0 Å². The summed E-state index contributed by atoms with van der Waals surface area (Å²) >= 11 is 1.55. The SMILES string of the molecule is OC(c1ccccc1)C([AsH2])c1ccccc1. The number of aliphatic hydroxyl groups excluding tert-OH is 1. The standard InChI is InChI=1S/C14H15AsO/c15-13(11-7-3-1-4-8-11)14(16)12-9-5-2-6-10-12/h1-10,13-14,16H,15H2. The van der Waals surface area contributed by atoms with Crippen molar-refractivity contribution < 1.29 is 5.11 Å². The van der Waals surface area contributed by atoms with Gasteiger partial charge in [0.2, 0.25) is 0 Å². The molecule has 0 bridgehead atoms. The first-order valence-corrected chi connectivity index (χ1v) is 6.72. The van der Waals surface area contributed by atoms with Gasteiger partial charge in [-0.15, -0.1) is 0 Å². The first kappa shape index (κ1) is 11.4. The van der Waals surface area contributed by atoms with Crippen LogP contribution in [-0.4, -0.2) is 22.0 Å². The Balaban J connectivity index is 2.20. The molecule has 3 atom stereocenters. The first-order chi connectivity index (χ1) is 7.79. The van der Waals surface area contributed by atoms with Crippen molar-refractivity contribution in [1.82, 2.24) is 0 Å². The number of aliphatic hydroxyl groups is 1. The molecule has 0 amide bonds. The molecule has 2 aromatic rings. The maximum absolute atomic E-state index is 10.3. The maximum atomic E-state index is 10.3. The quantitative estimate of drug-likeness (QED) is 0.850. The summed E-state index contributed by atoms with van der Waals surface area (Å²) in [6.07, 6.45) is -0.413. The molecular weight excluding hydrogens is 259 g/mol. The van der Waals surface area contributed by atoms with Crippen LogP contribution >= 0.6 is 0 Å². The fraction of sp³-hybridized carbons (Fsp3) is 0.143. The molecule has 0 aliphatic carbocycles. The molecule has 0 saturated heterocycles. The van der Waals surface area contributed by atoms with Crippen molar-refractivity contribution in [3.05, 3.63) is 71.8 Å². The van der Waals surface area contributed by atoms with Crippen molar-refractivity contribution in [2.45, 2.75) is 10.8 Å². The van der Waals surface area contributed by atoms with E-state index in [-0.39, 0.29) is 4.71 Å². The minimum atomic E-state index is -0.413. The third-order valence-electron chi connectivity index (χ3n) is 2.67. The molecule has 3 unspecified atom stereocenters. The molecule has 0 aliphatic heterocycles. The van der Waals surface area contributed by atoms with Crippen LogP contribution in [0.15, 0.2) is 60.7 Å². The van der Waals surface area contributed by atoms with Crippen LogP contribution in [0.1, 0.15) is 21.9 Å². The summed E-state index contributed by atoms with van der Waals surface area (Å²) in [5, 5.41) is 10.3. The van der Waals surface area contributed by atoms with Crippen molar-refractivity contribution in [2.24, 2.45) is 0 Å². The molecule has 82 valence electrons. The Labute approximate surface area is 105 Å². The normalized spacial score (nSPS) is 14.4. The summed E-state index contributed by atoms with van der Waals surface area (Å²) in [7, 11) is 0. The van der Waals surface area contributed by atoms with Crippen LogP contribution < -0.4 is 0 Å². The second-order valence-corrected chi connectivity index (χ2v) is 5.30. The van der Waals surface area contributed by atoms with Gasteiger partial charge in [0.05, 0.1) is 0 Å². The minimum absolute atomic E-state index is 0.177. The molecule has 0 fully saturated rings. The summed E-state index contributed by atoms with van der Waals surface area (Å²) in [5.41, 5.74) is 2.18. The Kier molecular flexibility index (Phi) is 3.82. The first-order valence-electron chi connectivity index (χ1n) is 5.32. The fourth-order valence-electron chi connectivity index (χ4n) is 1.72. The molecule has 1 nitrogen and oxygen atoms in total. The molecule has 0 radical (unpaired) electrons. The average Bonchev–Trinajstić information content (AvgIpc) is 2.39. The number of hydrogen-bond acceptors (Lipinski definition) is 1. The van der Waals surface area contributed by atoms with Gasteiger partial charge >= 0.3 is 105 Å². The van der Waals surface area contributed by atoms with Crippen LogP contribution in [0.25, 0.3) is 0 Å². The van der Waals surface area contributed by atoms with Gasteiger partial charge in [0.1, 0.15) is 0 Å². The van der Waals surface area contributed by atoms with Crippen molar-refractivity contribution in [3.8, 4) is 0 Å². The third kappa shape index (κ3) is 2.55. The van der Waals surface area contributed by atoms with Gasteiger partial charge in [-0.2, -0.15) is 0 Å². The van der Waals surface area contributed by atoms with E-state index in [1.807, 2.05) is 48.5 Å². The summed E-state index contributed by atoms with van der Waals surface area (Å²) in [6.45, 7) is 0. The molecule has 16 heavy (non-hydrogen) atoms. The molecule has 0 heterocycles. The van der Waals surface area contributed by atoms with E-state index in [0.29, 0.717) is 0 Å². The van der Waals surface area contributed by atoms with Crippen LogP contribution in [0, 0.1) is 0 Å². The summed E-state index contributed by atoms with van der Waals surface area (Å²) < 4.78 is 0.177. The number of hydrogen-bond donors (Lipinski definition) is 1. The summed E-state index contributed by atoms with van der Waals surface area (Å²) in [5.74, 6) is 0. The van der Waals surface area contributed by atoms with E-state index in [9.17, 15) is 5.11 Å². The third-order valence-corrected chi connectivity index (χ3v) is 4.24. The second kappa shape index (κ2) is 5.34. The molecule has 1 N–H and O–H groups in total. The van der Waals surface area contributed by atoms with Gasteiger partial charge in [-0.1, -0.05) is 0 Å². The van der Waals surface area contributed by atoms with Crippen LogP contribution in [0.4, 0.5) is 0 Å². The van der Waals surface area contributed by atoms with Gasteiger partial charge in [0, 0.05) is 0 Å². The Bertz CT molecular complexity index is 384. The van der Waals surface area contributed by atoms with Gasteiger partial charge in [-0.3, -0.25) is 0 Å². The predicted molar refractivity (Wildman–Crippen MR) is 69.1 cm³/mol. The summed E-state index contributed by atoms with van der Waals surface area (Å²) in [6, 6.07) is 20.0. The molecule has 2 aromatic carbocycles. The van der Waals surface area contributed by atoms with Crippen LogP contribution in [0.2, 0.25) is 0 Å². The molecule has 0 saturated carbocycles. The topological polar surface area (TPSA) is 20.2 Å². The molecule has 2 rings (SSSR count).